The molecule has 0 saturated carbocycles. The first kappa shape index (κ1) is 19.5. The van der Waals surface area contributed by atoms with Gasteiger partial charge in [-0.05, 0) is 12.1 Å². The number of fused-ring (bicyclic) bond motifs is 1. The molecular weight excluding hydrogens is 404 g/mol. The predicted octanol–water partition coefficient (Wildman–Crippen LogP) is 2.53. The van der Waals surface area contributed by atoms with E-state index >= 15 is 0 Å². The average Bonchev–Trinajstić information content (AvgIpc) is 2.89. The summed E-state index contributed by atoms with van der Waals surface area (Å²) >= 11 is 0. The predicted molar refractivity (Wildman–Crippen MR) is 72.6 cm³/mol. The molecule has 14 heteroatoms. The van der Waals surface area contributed by atoms with Crippen molar-refractivity contribution >= 4 is 31.0 Å². The van der Waals surface area contributed by atoms with Gasteiger partial charge in [0.2, 0.25) is 0 Å². The molecule has 0 spiro atoms. The van der Waals surface area contributed by atoms with Crippen LogP contribution in [0.2, 0.25) is 0 Å². The molecule has 2 aromatic rings. The van der Waals surface area contributed by atoms with Gasteiger partial charge in [-0.1, -0.05) is 18.2 Å². The third-order valence-electron chi connectivity index (χ3n) is 3.20. The summed E-state index contributed by atoms with van der Waals surface area (Å²) < 4.78 is 133. The normalized spacial score (nSPS) is 14.8. The molecule has 0 aliphatic carbocycles. The van der Waals surface area contributed by atoms with Crippen LogP contribution in [0.1, 0.15) is 0 Å². The zero-order chi connectivity index (χ0) is 19.5. The Kier molecular flexibility index (Phi) is 4.18. The molecule has 0 amide bonds. The third-order valence-corrected chi connectivity index (χ3v) is 5.85. The highest BCUT2D eigenvalue weighted by molar-refractivity contribution is 7.91. The topological polar surface area (TPSA) is 93.4 Å². The maximum atomic E-state index is 13.9. The Morgan fingerprint density at radius 3 is 1.88 bits per heavy atom. The second-order valence-corrected chi connectivity index (χ2v) is 8.08. The first-order chi connectivity index (χ1) is 11.1. The molecule has 2 rings (SSSR count). The van der Waals surface area contributed by atoms with E-state index in [1.54, 1.807) is 0 Å². The standard InChI is InChI=1S/C11H7F6NO5S2/c12-9(13,11(16,17)25(21,22)23)10(14,15)24(19,20)18-6-5-7-3-1-2-4-8(7)18/h1-6H,(H,21,22,23). The van der Waals surface area contributed by atoms with Gasteiger partial charge >= 0.3 is 36.6 Å². The van der Waals surface area contributed by atoms with Crippen LogP contribution in [-0.4, -0.2) is 41.8 Å². The Hall–Kier alpha value is -1.80. The van der Waals surface area contributed by atoms with Gasteiger partial charge in [-0.2, -0.15) is 43.2 Å². The second kappa shape index (κ2) is 5.35. The molecule has 0 atom stereocenters. The number of nitrogens with zero attached hydrogens (tertiary/aromatic N) is 1. The highest BCUT2D eigenvalue weighted by Crippen LogP contribution is 2.51. The van der Waals surface area contributed by atoms with Gasteiger partial charge in [0.15, 0.2) is 0 Å². The van der Waals surface area contributed by atoms with Crippen molar-refractivity contribution < 1.29 is 47.7 Å². The van der Waals surface area contributed by atoms with Crippen LogP contribution in [0.4, 0.5) is 26.3 Å². The fourth-order valence-corrected chi connectivity index (χ4v) is 3.75. The molecule has 1 aromatic carbocycles. The summed E-state index contributed by atoms with van der Waals surface area (Å²) in [6.45, 7) is 0. The van der Waals surface area contributed by atoms with Crippen LogP contribution in [0.3, 0.4) is 0 Å². The molecule has 1 heterocycles. The van der Waals surface area contributed by atoms with Gasteiger partial charge in [0.05, 0.1) is 5.52 Å². The third kappa shape index (κ3) is 2.50. The van der Waals surface area contributed by atoms with Gasteiger partial charge in [-0.25, -0.2) is 3.97 Å². The number of halogens is 6. The van der Waals surface area contributed by atoms with Gasteiger partial charge in [0, 0.05) is 11.6 Å². The molecule has 25 heavy (non-hydrogen) atoms. The summed E-state index contributed by atoms with van der Waals surface area (Å²) in [7, 11) is -13.6. The fourth-order valence-electron chi connectivity index (χ4n) is 1.88. The van der Waals surface area contributed by atoms with Crippen molar-refractivity contribution in [1.82, 2.24) is 3.97 Å². The van der Waals surface area contributed by atoms with Crippen LogP contribution in [0.5, 0.6) is 0 Å². The summed E-state index contributed by atoms with van der Waals surface area (Å²) in [5.41, 5.74) is -0.534. The minimum atomic E-state index is -7.05. The van der Waals surface area contributed by atoms with E-state index in [-0.39, 0.29) is 9.36 Å². The molecule has 0 radical (unpaired) electrons. The number of hydrogen-bond acceptors (Lipinski definition) is 4. The van der Waals surface area contributed by atoms with E-state index in [9.17, 15) is 43.2 Å². The van der Waals surface area contributed by atoms with Crippen LogP contribution in [0.15, 0.2) is 36.5 Å². The Morgan fingerprint density at radius 2 is 1.36 bits per heavy atom. The lowest BCUT2D eigenvalue weighted by molar-refractivity contribution is -0.245. The number of aromatic nitrogens is 1. The van der Waals surface area contributed by atoms with Crippen molar-refractivity contribution in [3.8, 4) is 0 Å². The zero-order valence-electron chi connectivity index (χ0n) is 11.6. The number of rotatable bonds is 5. The highest BCUT2D eigenvalue weighted by atomic mass is 32.2. The number of para-hydroxylation sites is 1. The van der Waals surface area contributed by atoms with Gasteiger partial charge in [0.1, 0.15) is 0 Å². The Balaban J connectivity index is 2.73. The summed E-state index contributed by atoms with van der Waals surface area (Å²) in [6.07, 6.45) is 0.412. The molecular formula is C11H7F6NO5S2. The molecule has 6 nitrogen and oxygen atoms in total. The van der Waals surface area contributed by atoms with Crippen molar-refractivity contribution in [2.75, 3.05) is 0 Å². The van der Waals surface area contributed by atoms with E-state index in [2.05, 4.69) is 0 Å². The van der Waals surface area contributed by atoms with Gasteiger partial charge in [-0.3, -0.25) is 4.55 Å². The summed E-state index contributed by atoms with van der Waals surface area (Å²) in [4.78, 5) is 0. The maximum absolute atomic E-state index is 13.9. The molecule has 1 aromatic heterocycles. The van der Waals surface area contributed by atoms with Crippen molar-refractivity contribution in [3.05, 3.63) is 36.5 Å². The quantitative estimate of drug-likeness (QED) is 0.603. The lowest BCUT2D eigenvalue weighted by atomic mass is 10.3. The van der Waals surface area contributed by atoms with Gasteiger partial charge in [-0.15, -0.1) is 0 Å². The number of alkyl halides is 6. The molecule has 1 N–H and O–H groups in total. The van der Waals surface area contributed by atoms with Crippen LogP contribution < -0.4 is 0 Å². The van der Waals surface area contributed by atoms with E-state index < -0.39 is 42.1 Å². The summed E-state index contributed by atoms with van der Waals surface area (Å²) in [5.74, 6) is -6.97. The molecule has 0 aliphatic rings. The molecule has 0 aliphatic heterocycles. The molecule has 0 bridgehead atoms. The van der Waals surface area contributed by atoms with Crippen LogP contribution >= 0.6 is 0 Å². The minimum absolute atomic E-state index is 0.00623. The molecule has 0 saturated heterocycles. The smallest absolute Gasteiger partial charge is 0.281 e. The van der Waals surface area contributed by atoms with E-state index in [1.807, 2.05) is 0 Å². The molecule has 0 unspecified atom stereocenters. The second-order valence-electron chi connectivity index (χ2n) is 4.76. The summed E-state index contributed by atoms with van der Waals surface area (Å²) in [6, 6.07) is 5.62. The lowest BCUT2D eigenvalue weighted by Crippen LogP contribution is -2.61. The van der Waals surface area contributed by atoms with E-state index in [0.29, 0.717) is 6.20 Å². The van der Waals surface area contributed by atoms with Gasteiger partial charge < -0.3 is 0 Å². The van der Waals surface area contributed by atoms with Gasteiger partial charge in [0.25, 0.3) is 0 Å². The molecule has 0 fully saturated rings. The lowest BCUT2D eigenvalue weighted by Gasteiger charge is -2.30. The Labute approximate surface area is 136 Å². The van der Waals surface area contributed by atoms with E-state index in [1.165, 1.54) is 12.1 Å². The van der Waals surface area contributed by atoms with E-state index in [4.69, 9.17) is 4.55 Å². The zero-order valence-corrected chi connectivity index (χ0v) is 13.2. The first-order valence-corrected chi connectivity index (χ1v) is 8.89. The number of benzene rings is 1. The largest absolute Gasteiger partial charge is 0.439 e. The molecule has 140 valence electrons. The van der Waals surface area contributed by atoms with Crippen LogP contribution in [0.25, 0.3) is 10.9 Å². The average molecular weight is 411 g/mol. The van der Waals surface area contributed by atoms with E-state index in [0.717, 1.165) is 18.2 Å². The number of hydrogen-bond donors (Lipinski definition) is 1. The van der Waals surface area contributed by atoms with Crippen LogP contribution in [-0.2, 0) is 20.1 Å². The van der Waals surface area contributed by atoms with Crippen LogP contribution in [0, 0.1) is 0 Å². The Bertz CT molecular complexity index is 1030. The van der Waals surface area contributed by atoms with Crippen molar-refractivity contribution in [2.24, 2.45) is 0 Å². The monoisotopic (exact) mass is 411 g/mol. The van der Waals surface area contributed by atoms with Crippen molar-refractivity contribution in [2.45, 2.75) is 16.4 Å². The fraction of sp³-hybridized carbons (Fsp3) is 0.273. The summed E-state index contributed by atoms with van der Waals surface area (Å²) in [5, 5.41) is -13.3. The SMILES string of the molecule is O=S(=O)(O)C(F)(F)C(F)(F)C(F)(F)S(=O)(=O)n1ccc2ccccc21. The minimum Gasteiger partial charge on any atom is -0.281 e. The first-order valence-electron chi connectivity index (χ1n) is 6.01. The van der Waals surface area contributed by atoms with Crippen molar-refractivity contribution in [3.63, 3.8) is 0 Å². The Morgan fingerprint density at radius 1 is 0.840 bits per heavy atom. The van der Waals surface area contributed by atoms with Crippen molar-refractivity contribution in [1.29, 1.82) is 0 Å². The highest BCUT2D eigenvalue weighted by Gasteiger charge is 2.82. The maximum Gasteiger partial charge on any atom is 0.439 e.